The normalized spacial score (nSPS) is 22.0. The van der Waals surface area contributed by atoms with E-state index in [0.717, 1.165) is 79.7 Å². The number of likely N-dealkylation sites (tertiary alicyclic amines) is 2. The number of piperidine rings is 1. The largest absolute Gasteiger partial charge is 0.416 e. The fourth-order valence-corrected chi connectivity index (χ4v) is 7.54. The summed E-state index contributed by atoms with van der Waals surface area (Å²) < 4.78 is 39.2. The number of nitrogens with zero attached hydrogens (tertiary/aromatic N) is 3. The Morgan fingerprint density at radius 1 is 0.917 bits per heavy atom. The van der Waals surface area contributed by atoms with E-state index >= 15 is 0 Å². The molecule has 0 spiro atoms. The molecule has 3 aromatic carbocycles. The van der Waals surface area contributed by atoms with Crippen LogP contribution in [0.25, 0.3) is 22.0 Å². The number of β-amino-alcohol motifs (C(OH)–C–C–N with tert-alkyl or cyclic N) is 1. The van der Waals surface area contributed by atoms with Crippen molar-refractivity contribution in [1.82, 2.24) is 20.1 Å². The van der Waals surface area contributed by atoms with Crippen LogP contribution in [0.5, 0.6) is 0 Å². The van der Waals surface area contributed by atoms with Crippen LogP contribution in [0.2, 0.25) is 0 Å². The quantitative estimate of drug-likeness (QED) is 0.197. The number of hydrogen-bond acceptors (Lipinski definition) is 6. The van der Waals surface area contributed by atoms with E-state index in [0.29, 0.717) is 35.6 Å². The first-order valence-electron chi connectivity index (χ1n) is 17.1. The van der Waals surface area contributed by atoms with Gasteiger partial charge < -0.3 is 25.5 Å². The third-order valence-corrected chi connectivity index (χ3v) is 10.2. The third kappa shape index (κ3) is 7.06. The van der Waals surface area contributed by atoms with Crippen molar-refractivity contribution >= 4 is 22.6 Å². The number of anilines is 1. The molecule has 252 valence electrons. The van der Waals surface area contributed by atoms with Crippen LogP contribution in [0.15, 0.2) is 72.8 Å². The van der Waals surface area contributed by atoms with E-state index < -0.39 is 17.8 Å². The van der Waals surface area contributed by atoms with Crippen LogP contribution in [0.1, 0.15) is 65.1 Å². The molecule has 4 aromatic rings. The Morgan fingerprint density at radius 3 is 2.40 bits per heavy atom. The Labute approximate surface area is 279 Å². The van der Waals surface area contributed by atoms with Crippen molar-refractivity contribution in [3.63, 3.8) is 0 Å². The maximum Gasteiger partial charge on any atom is 0.416 e. The van der Waals surface area contributed by atoms with Crippen molar-refractivity contribution in [2.45, 2.75) is 62.9 Å². The molecule has 1 amide bonds. The molecule has 3 fully saturated rings. The summed E-state index contributed by atoms with van der Waals surface area (Å²) in [4.78, 5) is 23.7. The first kappa shape index (κ1) is 32.6. The number of amides is 1. The number of halogens is 3. The molecule has 1 aromatic heterocycles. The number of carbonyl (C=O) groups excluding carboxylic acids is 1. The third-order valence-electron chi connectivity index (χ3n) is 10.2. The second kappa shape index (κ2) is 13.9. The van der Waals surface area contributed by atoms with Gasteiger partial charge in [-0.05, 0) is 104 Å². The zero-order valence-electron chi connectivity index (χ0n) is 27.0. The van der Waals surface area contributed by atoms with Gasteiger partial charge in [0.15, 0.2) is 0 Å². The summed E-state index contributed by atoms with van der Waals surface area (Å²) in [5.74, 6) is 0.584. The Balaban J connectivity index is 1.19. The van der Waals surface area contributed by atoms with E-state index in [1.54, 1.807) is 6.07 Å². The van der Waals surface area contributed by atoms with Gasteiger partial charge in [-0.25, -0.2) is 4.98 Å². The molecule has 0 saturated carbocycles. The number of hydrogen-bond donors (Lipinski definition) is 3. The van der Waals surface area contributed by atoms with E-state index in [-0.39, 0.29) is 24.4 Å². The van der Waals surface area contributed by atoms with Gasteiger partial charge in [0.25, 0.3) is 5.91 Å². The molecule has 10 heteroatoms. The highest BCUT2D eigenvalue weighted by molar-refractivity contribution is 6.08. The lowest BCUT2D eigenvalue weighted by Gasteiger charge is -2.29. The number of nitrogens with one attached hydrogen (secondary N) is 2. The maximum absolute atomic E-state index is 14.4. The molecule has 48 heavy (non-hydrogen) atoms. The lowest BCUT2D eigenvalue weighted by Crippen LogP contribution is -2.42. The van der Waals surface area contributed by atoms with Gasteiger partial charge in [0.2, 0.25) is 0 Å². The summed E-state index contributed by atoms with van der Waals surface area (Å²) in [5.41, 5.74) is 4.33. The van der Waals surface area contributed by atoms with Gasteiger partial charge >= 0.3 is 6.18 Å². The van der Waals surface area contributed by atoms with E-state index in [2.05, 4.69) is 39.8 Å². The number of aliphatic hydroxyl groups is 1. The lowest BCUT2D eigenvalue weighted by atomic mass is 9.87. The summed E-state index contributed by atoms with van der Waals surface area (Å²) in [6, 6.07) is 21.3. The Bertz CT molecular complexity index is 1740. The Hall–Kier alpha value is -3.99. The van der Waals surface area contributed by atoms with Crippen LogP contribution in [-0.2, 0) is 12.7 Å². The van der Waals surface area contributed by atoms with Gasteiger partial charge in [0.1, 0.15) is 5.82 Å². The first-order chi connectivity index (χ1) is 23.2. The molecule has 3 N–H and O–H groups in total. The summed E-state index contributed by atoms with van der Waals surface area (Å²) in [6.07, 6.45) is 0.436. The number of aromatic nitrogens is 1. The molecule has 3 aliphatic rings. The molecule has 1 unspecified atom stereocenters. The highest BCUT2D eigenvalue weighted by Gasteiger charge is 2.33. The van der Waals surface area contributed by atoms with Crippen LogP contribution < -0.4 is 10.6 Å². The number of pyridine rings is 1. The zero-order chi connectivity index (χ0) is 33.3. The summed E-state index contributed by atoms with van der Waals surface area (Å²) >= 11 is 0. The lowest BCUT2D eigenvalue weighted by molar-refractivity contribution is -0.137. The van der Waals surface area contributed by atoms with Crippen molar-refractivity contribution in [3.05, 3.63) is 95.1 Å². The van der Waals surface area contributed by atoms with Gasteiger partial charge in [-0.3, -0.25) is 4.79 Å². The van der Waals surface area contributed by atoms with Crippen molar-refractivity contribution in [3.8, 4) is 11.1 Å². The highest BCUT2D eigenvalue weighted by Crippen LogP contribution is 2.33. The van der Waals surface area contributed by atoms with Crippen LogP contribution in [0.4, 0.5) is 19.0 Å². The van der Waals surface area contributed by atoms with Crippen LogP contribution in [-0.4, -0.2) is 77.2 Å². The van der Waals surface area contributed by atoms with Gasteiger partial charge in [0, 0.05) is 43.5 Å². The predicted molar refractivity (Wildman–Crippen MR) is 182 cm³/mol. The number of fused-ring (bicyclic) bond motifs is 1. The maximum atomic E-state index is 14.4. The van der Waals surface area contributed by atoms with Crippen molar-refractivity contribution < 1.29 is 23.1 Å². The molecule has 7 nitrogen and oxygen atoms in total. The molecule has 3 aliphatic heterocycles. The predicted octanol–water partition coefficient (Wildman–Crippen LogP) is 6.67. The van der Waals surface area contributed by atoms with Crippen molar-refractivity contribution in [1.29, 1.82) is 0 Å². The van der Waals surface area contributed by atoms with Crippen molar-refractivity contribution in [2.24, 2.45) is 0 Å². The molecule has 7 rings (SSSR count). The average Bonchev–Trinajstić information content (AvgIpc) is 3.79. The minimum absolute atomic E-state index is 0.0194. The molecule has 3 atom stereocenters. The van der Waals surface area contributed by atoms with Gasteiger partial charge in [-0.2, -0.15) is 13.2 Å². The molecule has 0 bridgehead atoms. The summed E-state index contributed by atoms with van der Waals surface area (Å²) in [6.45, 7) is 5.49. The van der Waals surface area contributed by atoms with E-state index in [4.69, 9.17) is 4.98 Å². The molecule has 0 radical (unpaired) electrons. The summed E-state index contributed by atoms with van der Waals surface area (Å²) in [7, 11) is 0. The number of alkyl halides is 3. The van der Waals surface area contributed by atoms with Crippen molar-refractivity contribution in [2.75, 3.05) is 44.6 Å². The standard InChI is InChI=1S/C38H42F3N5O2/c39-38(40,41)29-12-5-25(6-13-29)22-43-36-21-33(37(48)46-19-3-4-30(46)24-45-17-1-2-18-45)32-20-28(11-14-34(32)44-36)26-7-9-27(10-8-26)31-15-16-42-23-35(31)47/h5-14,20-21,30-31,35,42,47H,1-4,15-19,22-24H2,(H,43,44)/t30-,31?,35+/m0/s1. The second-order valence-electron chi connectivity index (χ2n) is 13.4. The topological polar surface area (TPSA) is 80.7 Å². The molecule has 0 aliphatic carbocycles. The highest BCUT2D eigenvalue weighted by atomic mass is 19.4. The van der Waals surface area contributed by atoms with Crippen LogP contribution in [0.3, 0.4) is 0 Å². The molecular weight excluding hydrogens is 615 g/mol. The van der Waals surface area contributed by atoms with E-state index in [9.17, 15) is 23.1 Å². The molecule has 4 heterocycles. The van der Waals surface area contributed by atoms with Gasteiger partial charge in [-0.15, -0.1) is 0 Å². The SMILES string of the molecule is O=C(c1cc(NCc2ccc(C(F)(F)F)cc2)nc2ccc(-c3ccc(C4CCNC[C@H]4O)cc3)cc12)N1CCC[C@H]1CN1CCCC1. The number of rotatable bonds is 8. The molecule has 3 saturated heterocycles. The fourth-order valence-electron chi connectivity index (χ4n) is 7.54. The van der Waals surface area contributed by atoms with E-state index in [1.165, 1.54) is 25.0 Å². The zero-order valence-corrected chi connectivity index (χ0v) is 27.0. The Kier molecular flexibility index (Phi) is 9.40. The van der Waals surface area contributed by atoms with E-state index in [1.807, 2.05) is 23.1 Å². The second-order valence-corrected chi connectivity index (χ2v) is 13.4. The number of benzene rings is 3. The summed E-state index contributed by atoms with van der Waals surface area (Å²) in [5, 5.41) is 17.8. The minimum Gasteiger partial charge on any atom is -0.391 e. The number of carbonyl (C=O) groups is 1. The first-order valence-corrected chi connectivity index (χ1v) is 17.1. The fraction of sp³-hybridized carbons (Fsp3) is 0.421. The van der Waals surface area contributed by atoms with Crippen LogP contribution in [0, 0.1) is 0 Å². The smallest absolute Gasteiger partial charge is 0.391 e. The average molecular weight is 658 g/mol. The van der Waals surface area contributed by atoms with Crippen LogP contribution >= 0.6 is 0 Å². The minimum atomic E-state index is -4.39. The Morgan fingerprint density at radius 2 is 1.67 bits per heavy atom. The van der Waals surface area contributed by atoms with Gasteiger partial charge in [0.05, 0.1) is 22.7 Å². The molecular formula is C38H42F3N5O2. The van der Waals surface area contributed by atoms with Gasteiger partial charge in [-0.1, -0.05) is 42.5 Å². The number of aliphatic hydroxyl groups excluding tert-OH is 1. The monoisotopic (exact) mass is 657 g/mol.